The first-order valence-electron chi connectivity index (χ1n) is 7.78. The van der Waals surface area contributed by atoms with Crippen LogP contribution in [0.4, 0.5) is 10.5 Å². The van der Waals surface area contributed by atoms with Gasteiger partial charge in [0.15, 0.2) is 0 Å². The van der Waals surface area contributed by atoms with Crippen LogP contribution in [0.1, 0.15) is 19.3 Å². The third-order valence-corrected chi connectivity index (χ3v) is 5.11. The predicted molar refractivity (Wildman–Crippen MR) is 84.2 cm³/mol. The van der Waals surface area contributed by atoms with Crippen molar-refractivity contribution in [2.24, 2.45) is 0 Å². The topological polar surface area (TPSA) is 60.9 Å². The quantitative estimate of drug-likeness (QED) is 0.776. The molecule has 3 heterocycles. The Balaban J connectivity index is 1.57. The Labute approximate surface area is 138 Å². The fourth-order valence-electron chi connectivity index (χ4n) is 3.71. The van der Waals surface area contributed by atoms with Gasteiger partial charge < -0.3 is 9.80 Å². The Bertz CT molecular complexity index is 668. The van der Waals surface area contributed by atoms with Gasteiger partial charge in [-0.05, 0) is 43.5 Å². The maximum atomic E-state index is 12.7. The average molecular weight is 334 g/mol. The summed E-state index contributed by atoms with van der Waals surface area (Å²) in [7, 11) is 0. The Kier molecular flexibility index (Phi) is 3.30. The van der Waals surface area contributed by atoms with E-state index in [1.54, 1.807) is 34.1 Å². The van der Waals surface area contributed by atoms with E-state index in [0.29, 0.717) is 31.0 Å². The van der Waals surface area contributed by atoms with Crippen LogP contribution >= 0.6 is 11.6 Å². The first kappa shape index (κ1) is 14.5. The number of halogens is 1. The number of benzene rings is 1. The van der Waals surface area contributed by atoms with E-state index in [1.165, 1.54) is 4.90 Å². The number of hydrogen-bond donors (Lipinski definition) is 0. The standard InChI is InChI=1S/C16H16ClN3O3/c17-10-3-5-11(6-4-10)18-9-7-13(14(18)21)20-15(22)12-2-1-8-19(12)16(20)23/h3-6,12-13H,1-2,7-9H2/t12-,13+/m0/s1. The summed E-state index contributed by atoms with van der Waals surface area (Å²) in [6.07, 6.45) is 2.02. The van der Waals surface area contributed by atoms with Gasteiger partial charge in [-0.3, -0.25) is 9.59 Å². The number of imide groups is 1. The van der Waals surface area contributed by atoms with Crippen LogP contribution in [0, 0.1) is 0 Å². The van der Waals surface area contributed by atoms with Gasteiger partial charge in [0.05, 0.1) is 0 Å². The molecule has 120 valence electrons. The van der Waals surface area contributed by atoms with Gasteiger partial charge in [0, 0.05) is 23.8 Å². The summed E-state index contributed by atoms with van der Waals surface area (Å²) in [5, 5.41) is 0.600. The molecule has 0 radical (unpaired) electrons. The van der Waals surface area contributed by atoms with Crippen molar-refractivity contribution in [2.75, 3.05) is 18.0 Å². The van der Waals surface area contributed by atoms with E-state index in [1.807, 2.05) is 0 Å². The van der Waals surface area contributed by atoms with E-state index in [2.05, 4.69) is 0 Å². The van der Waals surface area contributed by atoms with Crippen molar-refractivity contribution < 1.29 is 14.4 Å². The number of fused-ring (bicyclic) bond motifs is 1. The largest absolute Gasteiger partial charge is 0.328 e. The molecule has 0 unspecified atom stereocenters. The predicted octanol–water partition coefficient (Wildman–Crippen LogP) is 1.87. The molecule has 3 aliphatic heterocycles. The lowest BCUT2D eigenvalue weighted by Gasteiger charge is -2.22. The van der Waals surface area contributed by atoms with Crippen molar-refractivity contribution in [2.45, 2.75) is 31.3 Å². The summed E-state index contributed by atoms with van der Waals surface area (Å²) in [4.78, 5) is 42.1. The highest BCUT2D eigenvalue weighted by Gasteiger charge is 2.53. The van der Waals surface area contributed by atoms with Crippen molar-refractivity contribution in [3.63, 3.8) is 0 Å². The van der Waals surface area contributed by atoms with Gasteiger partial charge in [0.2, 0.25) is 5.91 Å². The Morgan fingerprint density at radius 2 is 1.65 bits per heavy atom. The van der Waals surface area contributed by atoms with Crippen molar-refractivity contribution in [1.82, 2.24) is 9.80 Å². The van der Waals surface area contributed by atoms with E-state index >= 15 is 0 Å². The lowest BCUT2D eigenvalue weighted by Crippen LogP contribution is -2.46. The van der Waals surface area contributed by atoms with Gasteiger partial charge in [-0.1, -0.05) is 11.6 Å². The molecule has 6 nitrogen and oxygen atoms in total. The van der Waals surface area contributed by atoms with Crippen LogP contribution in [0.5, 0.6) is 0 Å². The van der Waals surface area contributed by atoms with Crippen molar-refractivity contribution in [3.05, 3.63) is 29.3 Å². The number of nitrogens with zero attached hydrogens (tertiary/aromatic N) is 3. The number of anilines is 1. The summed E-state index contributed by atoms with van der Waals surface area (Å²) in [6.45, 7) is 1.10. The first-order valence-corrected chi connectivity index (χ1v) is 8.16. The van der Waals surface area contributed by atoms with E-state index in [-0.39, 0.29) is 23.9 Å². The highest BCUT2D eigenvalue weighted by atomic mass is 35.5. The summed E-state index contributed by atoms with van der Waals surface area (Å²) in [5.74, 6) is -0.418. The molecule has 0 bridgehead atoms. The molecule has 0 aromatic heterocycles. The molecule has 3 fully saturated rings. The molecule has 4 amide bonds. The Morgan fingerprint density at radius 1 is 0.913 bits per heavy atom. The van der Waals surface area contributed by atoms with Gasteiger partial charge in [-0.2, -0.15) is 0 Å². The van der Waals surface area contributed by atoms with Gasteiger partial charge in [0.1, 0.15) is 12.1 Å². The Morgan fingerprint density at radius 3 is 2.35 bits per heavy atom. The first-order chi connectivity index (χ1) is 11.1. The fraction of sp³-hybridized carbons (Fsp3) is 0.438. The number of amides is 4. The lowest BCUT2D eigenvalue weighted by molar-refractivity contribution is -0.133. The maximum Gasteiger partial charge on any atom is 0.328 e. The fourth-order valence-corrected chi connectivity index (χ4v) is 3.84. The van der Waals surface area contributed by atoms with E-state index < -0.39 is 6.04 Å². The molecule has 4 rings (SSSR count). The maximum absolute atomic E-state index is 12.7. The zero-order valence-electron chi connectivity index (χ0n) is 12.4. The molecule has 0 saturated carbocycles. The smallest absolute Gasteiger partial charge is 0.312 e. The molecular weight excluding hydrogens is 318 g/mol. The summed E-state index contributed by atoms with van der Waals surface area (Å²) in [6, 6.07) is 5.63. The second-order valence-electron chi connectivity index (χ2n) is 6.11. The highest BCUT2D eigenvalue weighted by Crippen LogP contribution is 2.33. The van der Waals surface area contributed by atoms with Crippen LogP contribution in [-0.4, -0.2) is 52.8 Å². The zero-order chi connectivity index (χ0) is 16.1. The molecule has 0 spiro atoms. The van der Waals surface area contributed by atoms with E-state index in [4.69, 9.17) is 11.6 Å². The minimum atomic E-state index is -0.684. The summed E-state index contributed by atoms with van der Waals surface area (Å²) >= 11 is 5.87. The Hall–Kier alpha value is -2.08. The molecule has 3 saturated heterocycles. The monoisotopic (exact) mass is 333 g/mol. The SMILES string of the molecule is O=C1[C@H](N2C(=O)[C@@H]3CCCN3C2=O)CCN1c1ccc(Cl)cc1. The van der Waals surface area contributed by atoms with Gasteiger partial charge in [-0.15, -0.1) is 0 Å². The van der Waals surface area contributed by atoms with Gasteiger partial charge in [-0.25, -0.2) is 9.69 Å². The van der Waals surface area contributed by atoms with E-state index in [0.717, 1.165) is 12.1 Å². The van der Waals surface area contributed by atoms with Crippen molar-refractivity contribution in [1.29, 1.82) is 0 Å². The third kappa shape index (κ3) is 2.12. The number of hydrogen-bond acceptors (Lipinski definition) is 3. The van der Waals surface area contributed by atoms with Crippen LogP contribution in [0.15, 0.2) is 24.3 Å². The molecule has 2 atom stereocenters. The van der Waals surface area contributed by atoms with Crippen LogP contribution in [0.2, 0.25) is 5.02 Å². The molecule has 0 N–H and O–H groups in total. The molecule has 1 aromatic rings. The molecule has 7 heteroatoms. The number of urea groups is 1. The molecular formula is C16H16ClN3O3. The number of carbonyl (C=O) groups excluding carboxylic acids is 3. The second kappa shape index (κ2) is 5.23. The molecule has 23 heavy (non-hydrogen) atoms. The number of rotatable bonds is 2. The zero-order valence-corrected chi connectivity index (χ0v) is 13.2. The van der Waals surface area contributed by atoms with Gasteiger partial charge >= 0.3 is 6.03 Å². The highest BCUT2D eigenvalue weighted by molar-refractivity contribution is 6.30. The third-order valence-electron chi connectivity index (χ3n) is 4.85. The summed E-state index contributed by atoms with van der Waals surface area (Å²) < 4.78 is 0. The number of carbonyl (C=O) groups is 3. The minimum absolute atomic E-state index is 0.199. The average Bonchev–Trinajstić information content (AvgIpc) is 3.20. The molecule has 0 aliphatic carbocycles. The van der Waals surface area contributed by atoms with Crippen molar-refractivity contribution >= 4 is 35.1 Å². The normalized spacial score (nSPS) is 27.3. The van der Waals surface area contributed by atoms with Gasteiger partial charge in [0.25, 0.3) is 5.91 Å². The van der Waals surface area contributed by atoms with E-state index in [9.17, 15) is 14.4 Å². The van der Waals surface area contributed by atoms with Crippen molar-refractivity contribution in [3.8, 4) is 0 Å². The second-order valence-corrected chi connectivity index (χ2v) is 6.55. The van der Waals surface area contributed by atoms with Crippen LogP contribution in [-0.2, 0) is 9.59 Å². The lowest BCUT2D eigenvalue weighted by atomic mass is 10.1. The van der Waals surface area contributed by atoms with Crippen LogP contribution in [0.25, 0.3) is 0 Å². The molecule has 1 aromatic carbocycles. The molecule has 3 aliphatic rings. The van der Waals surface area contributed by atoms with Crippen LogP contribution in [0.3, 0.4) is 0 Å². The van der Waals surface area contributed by atoms with Crippen LogP contribution < -0.4 is 4.90 Å². The summed E-state index contributed by atoms with van der Waals surface area (Å²) in [5.41, 5.74) is 0.737. The minimum Gasteiger partial charge on any atom is -0.312 e.